The third-order valence-corrected chi connectivity index (χ3v) is 3.85. The van der Waals surface area contributed by atoms with Gasteiger partial charge in [-0.15, -0.1) is 0 Å². The van der Waals surface area contributed by atoms with Crippen LogP contribution in [0.2, 0.25) is 0 Å². The number of primary amides is 1. The van der Waals surface area contributed by atoms with Crippen molar-refractivity contribution < 1.29 is 4.79 Å². The predicted molar refractivity (Wildman–Crippen MR) is 75.7 cm³/mol. The van der Waals surface area contributed by atoms with Gasteiger partial charge in [-0.2, -0.15) is 15.0 Å². The standard InChI is InChI=1S/C12H21N7O/c1-7-4-2-3-5-9(7)17-10-8(11(13)20)6-16-19(15)12(10)18-14/h6-7,9,17H,2-5,14-15H2,1H3,(H2,13,20)/b18-12-. The van der Waals surface area contributed by atoms with Gasteiger partial charge in [0.15, 0.2) is 0 Å². The molecule has 0 bridgehead atoms. The van der Waals surface area contributed by atoms with Crippen molar-refractivity contribution in [1.29, 1.82) is 0 Å². The quantitative estimate of drug-likeness (QED) is 0.435. The number of nitrogens with zero attached hydrogens (tertiary/aromatic N) is 3. The summed E-state index contributed by atoms with van der Waals surface area (Å²) in [4.78, 5) is 12.6. The molecule has 1 aromatic heterocycles. The molecule has 1 aliphatic carbocycles. The predicted octanol–water partition coefficient (Wildman–Crippen LogP) is -0.539. The van der Waals surface area contributed by atoms with Gasteiger partial charge in [0.2, 0.25) is 5.49 Å². The van der Waals surface area contributed by atoms with Gasteiger partial charge in [-0.1, -0.05) is 19.8 Å². The molecule has 1 aromatic rings. The van der Waals surface area contributed by atoms with Crippen molar-refractivity contribution in [1.82, 2.24) is 9.89 Å². The second kappa shape index (κ2) is 5.81. The SMILES string of the molecule is CC1CCCCC1Nc1c(C(N)=O)cnn(N)/c1=N\N. The maximum atomic E-state index is 11.5. The lowest BCUT2D eigenvalue weighted by molar-refractivity contribution is 0.1000. The molecule has 0 aromatic carbocycles. The van der Waals surface area contributed by atoms with Crippen molar-refractivity contribution in [2.75, 3.05) is 11.2 Å². The van der Waals surface area contributed by atoms with Gasteiger partial charge in [0, 0.05) is 6.04 Å². The molecule has 110 valence electrons. The van der Waals surface area contributed by atoms with Crippen molar-refractivity contribution in [2.45, 2.75) is 38.6 Å². The van der Waals surface area contributed by atoms with Crippen molar-refractivity contribution in [2.24, 2.45) is 22.6 Å². The number of aromatic nitrogens is 2. The van der Waals surface area contributed by atoms with Gasteiger partial charge in [0.1, 0.15) is 0 Å². The van der Waals surface area contributed by atoms with Crippen LogP contribution in [0.15, 0.2) is 11.3 Å². The normalized spacial score (nSPS) is 23.6. The highest BCUT2D eigenvalue weighted by molar-refractivity contribution is 5.97. The Bertz CT molecular complexity index is 565. The Morgan fingerprint density at radius 1 is 1.50 bits per heavy atom. The lowest BCUT2D eigenvalue weighted by Crippen LogP contribution is -2.40. The van der Waals surface area contributed by atoms with Gasteiger partial charge >= 0.3 is 0 Å². The molecular formula is C12H21N7O. The number of nitrogens with two attached hydrogens (primary N) is 3. The first-order valence-corrected chi connectivity index (χ1v) is 6.72. The van der Waals surface area contributed by atoms with Crippen LogP contribution < -0.4 is 28.2 Å². The summed E-state index contributed by atoms with van der Waals surface area (Å²) in [6, 6.07) is 0.241. The molecule has 1 aliphatic rings. The number of anilines is 1. The molecule has 0 radical (unpaired) electrons. The van der Waals surface area contributed by atoms with Gasteiger partial charge in [0.05, 0.1) is 17.4 Å². The lowest BCUT2D eigenvalue weighted by atomic mass is 9.86. The molecule has 7 N–H and O–H groups in total. The molecule has 8 nitrogen and oxygen atoms in total. The third kappa shape index (κ3) is 2.68. The van der Waals surface area contributed by atoms with Gasteiger partial charge < -0.3 is 22.7 Å². The molecule has 1 amide bonds. The second-order valence-corrected chi connectivity index (χ2v) is 5.21. The third-order valence-electron chi connectivity index (χ3n) is 3.85. The molecule has 0 aliphatic heterocycles. The Balaban J connectivity index is 2.43. The minimum absolute atomic E-state index is 0.207. The summed E-state index contributed by atoms with van der Waals surface area (Å²) in [7, 11) is 0. The molecule has 1 fully saturated rings. The zero-order chi connectivity index (χ0) is 14.7. The molecule has 1 heterocycles. The number of hydrogen-bond acceptors (Lipinski definition) is 6. The Labute approximate surface area is 117 Å². The molecular weight excluding hydrogens is 258 g/mol. The van der Waals surface area contributed by atoms with E-state index in [9.17, 15) is 4.79 Å². The van der Waals surface area contributed by atoms with Crippen LogP contribution in [-0.2, 0) is 0 Å². The fourth-order valence-electron chi connectivity index (χ4n) is 2.64. The monoisotopic (exact) mass is 279 g/mol. The van der Waals surface area contributed by atoms with Gasteiger partial charge in [0.25, 0.3) is 5.91 Å². The number of nitrogens with one attached hydrogen (secondary N) is 1. The Morgan fingerprint density at radius 2 is 2.20 bits per heavy atom. The van der Waals surface area contributed by atoms with Gasteiger partial charge in [-0.25, -0.2) is 0 Å². The molecule has 0 spiro atoms. The van der Waals surface area contributed by atoms with Crippen LogP contribution in [0.3, 0.4) is 0 Å². The average Bonchev–Trinajstić information content (AvgIpc) is 2.41. The number of amides is 1. The molecule has 2 unspecified atom stereocenters. The van der Waals surface area contributed by atoms with E-state index in [1.807, 2.05) is 0 Å². The van der Waals surface area contributed by atoms with E-state index >= 15 is 0 Å². The minimum Gasteiger partial charge on any atom is -0.378 e. The molecule has 1 saturated carbocycles. The summed E-state index contributed by atoms with van der Waals surface area (Å²) < 4.78 is 0. The van der Waals surface area contributed by atoms with Crippen LogP contribution in [0.1, 0.15) is 43.0 Å². The van der Waals surface area contributed by atoms with Crippen molar-refractivity contribution in [3.05, 3.63) is 17.2 Å². The Hall–Kier alpha value is -2.25. The lowest BCUT2D eigenvalue weighted by Gasteiger charge is -2.30. The van der Waals surface area contributed by atoms with E-state index in [0.29, 0.717) is 11.6 Å². The van der Waals surface area contributed by atoms with E-state index in [2.05, 4.69) is 22.4 Å². The van der Waals surface area contributed by atoms with Crippen molar-refractivity contribution in [3.8, 4) is 0 Å². The summed E-state index contributed by atoms with van der Waals surface area (Å²) in [5, 5.41) is 10.8. The number of hydrogen-bond donors (Lipinski definition) is 4. The highest BCUT2D eigenvalue weighted by Gasteiger charge is 2.24. The Kier molecular flexibility index (Phi) is 4.11. The van der Waals surface area contributed by atoms with Crippen LogP contribution in [0.4, 0.5) is 5.69 Å². The summed E-state index contributed by atoms with van der Waals surface area (Å²) in [5.74, 6) is 10.9. The summed E-state index contributed by atoms with van der Waals surface area (Å²) >= 11 is 0. The van der Waals surface area contributed by atoms with E-state index in [1.165, 1.54) is 12.6 Å². The number of carbonyl (C=O) groups is 1. The van der Waals surface area contributed by atoms with Gasteiger partial charge in [-0.3, -0.25) is 4.79 Å². The highest BCUT2D eigenvalue weighted by Crippen LogP contribution is 2.26. The zero-order valence-electron chi connectivity index (χ0n) is 11.5. The average molecular weight is 279 g/mol. The maximum absolute atomic E-state index is 11.5. The number of nitrogen functional groups attached to an aromatic ring is 1. The Morgan fingerprint density at radius 3 is 2.80 bits per heavy atom. The number of rotatable bonds is 3. The summed E-state index contributed by atoms with van der Waals surface area (Å²) in [6.07, 6.45) is 5.87. The van der Waals surface area contributed by atoms with Crippen molar-refractivity contribution in [3.63, 3.8) is 0 Å². The molecule has 2 atom stereocenters. The van der Waals surface area contributed by atoms with Crippen LogP contribution in [0.25, 0.3) is 0 Å². The molecule has 8 heteroatoms. The topological polar surface area (TPSA) is 137 Å². The second-order valence-electron chi connectivity index (χ2n) is 5.21. The van der Waals surface area contributed by atoms with E-state index in [1.54, 1.807) is 0 Å². The molecule has 2 rings (SSSR count). The largest absolute Gasteiger partial charge is 0.378 e. The molecule has 20 heavy (non-hydrogen) atoms. The van der Waals surface area contributed by atoms with Crippen LogP contribution in [0.5, 0.6) is 0 Å². The first-order valence-electron chi connectivity index (χ1n) is 6.72. The smallest absolute Gasteiger partial charge is 0.252 e. The van der Waals surface area contributed by atoms with E-state index < -0.39 is 5.91 Å². The first-order chi connectivity index (χ1) is 9.54. The minimum atomic E-state index is -0.589. The highest BCUT2D eigenvalue weighted by atomic mass is 16.1. The number of carbonyl (C=O) groups excluding carboxylic acids is 1. The van der Waals surface area contributed by atoms with Crippen LogP contribution in [0, 0.1) is 5.92 Å². The fourth-order valence-corrected chi connectivity index (χ4v) is 2.64. The van der Waals surface area contributed by atoms with Crippen LogP contribution in [-0.4, -0.2) is 21.8 Å². The van der Waals surface area contributed by atoms with E-state index in [-0.39, 0.29) is 17.1 Å². The molecule has 0 saturated heterocycles. The first kappa shape index (κ1) is 14.2. The fraction of sp³-hybridized carbons (Fsp3) is 0.583. The van der Waals surface area contributed by atoms with Crippen molar-refractivity contribution >= 4 is 11.6 Å². The van der Waals surface area contributed by atoms with Gasteiger partial charge in [-0.05, 0) is 18.8 Å². The van der Waals surface area contributed by atoms with Crippen LogP contribution >= 0.6 is 0 Å². The summed E-state index contributed by atoms with van der Waals surface area (Å²) in [5.41, 5.74) is 6.28. The van der Waals surface area contributed by atoms with E-state index in [4.69, 9.17) is 17.4 Å². The van der Waals surface area contributed by atoms with E-state index in [0.717, 1.165) is 24.1 Å². The summed E-state index contributed by atoms with van der Waals surface area (Å²) in [6.45, 7) is 2.18. The zero-order valence-corrected chi connectivity index (χ0v) is 11.5. The maximum Gasteiger partial charge on any atom is 0.252 e.